The third kappa shape index (κ3) is 15.0. The number of hydrogen-bond acceptors (Lipinski definition) is 5. The standard InChI is InChI=1S/C17H34Cl3O2PS3/c1-5-9-11-15(7-3)13-21-23(24,26-25-17(18,19)20)22-14-16(8-4)12-10-6-2/h15-16H,5-14H2,1-4H3/t15-,16+,23?. The van der Waals surface area contributed by atoms with Crippen LogP contribution in [0, 0.1) is 11.8 Å². The Hall–Kier alpha value is 2.14. The van der Waals surface area contributed by atoms with Gasteiger partial charge in [0.15, 0.2) is 0 Å². The van der Waals surface area contributed by atoms with E-state index in [9.17, 15) is 0 Å². The molecule has 0 fully saturated rings. The molecule has 0 N–H and O–H groups in total. The van der Waals surface area contributed by atoms with Gasteiger partial charge in [0, 0.05) is 10.4 Å². The van der Waals surface area contributed by atoms with Gasteiger partial charge in [0.2, 0.25) is 3.12 Å². The summed E-state index contributed by atoms with van der Waals surface area (Å²) in [6.45, 7) is 10.0. The van der Waals surface area contributed by atoms with Crippen LogP contribution >= 0.6 is 61.7 Å². The van der Waals surface area contributed by atoms with Gasteiger partial charge in [0.25, 0.3) is 5.69 Å². The smallest absolute Gasteiger partial charge is 0.258 e. The molecule has 0 aromatic heterocycles. The molecule has 2 nitrogen and oxygen atoms in total. The van der Waals surface area contributed by atoms with E-state index in [0.717, 1.165) is 36.5 Å². The lowest BCUT2D eigenvalue weighted by Crippen LogP contribution is -2.11. The van der Waals surface area contributed by atoms with Crippen molar-refractivity contribution in [3.8, 4) is 0 Å². The van der Waals surface area contributed by atoms with E-state index in [-0.39, 0.29) is 0 Å². The molecule has 3 atom stereocenters. The Bertz CT molecular complexity index is 374. The van der Waals surface area contributed by atoms with Crippen LogP contribution in [0.4, 0.5) is 0 Å². The van der Waals surface area contributed by atoms with E-state index in [0.29, 0.717) is 25.0 Å². The Morgan fingerprint density at radius 3 is 1.62 bits per heavy atom. The molecule has 0 aliphatic carbocycles. The van der Waals surface area contributed by atoms with Crippen LogP contribution in [-0.2, 0) is 20.9 Å². The zero-order valence-corrected chi connectivity index (χ0v) is 22.0. The van der Waals surface area contributed by atoms with Gasteiger partial charge in [0.1, 0.15) is 0 Å². The van der Waals surface area contributed by atoms with E-state index in [1.165, 1.54) is 36.1 Å². The van der Waals surface area contributed by atoms with Crippen LogP contribution in [0.1, 0.15) is 79.1 Å². The highest BCUT2D eigenvalue weighted by atomic mass is 35.6. The van der Waals surface area contributed by atoms with E-state index in [2.05, 4.69) is 27.7 Å². The molecule has 0 saturated carbocycles. The number of alkyl halides is 3. The topological polar surface area (TPSA) is 18.5 Å². The highest BCUT2D eigenvalue weighted by Crippen LogP contribution is 2.70. The largest absolute Gasteiger partial charge is 0.321 e. The fourth-order valence-corrected chi connectivity index (χ4v) is 10.5. The summed E-state index contributed by atoms with van der Waals surface area (Å²) in [5.41, 5.74) is -2.55. The molecule has 9 heteroatoms. The van der Waals surface area contributed by atoms with Gasteiger partial charge in [-0.05, 0) is 47.3 Å². The molecule has 0 aliphatic heterocycles. The van der Waals surface area contributed by atoms with E-state index in [4.69, 9.17) is 55.7 Å². The molecule has 0 saturated heterocycles. The molecule has 0 aliphatic rings. The summed E-state index contributed by atoms with van der Waals surface area (Å²) in [6, 6.07) is 0. The number of halogens is 3. The van der Waals surface area contributed by atoms with Crippen molar-refractivity contribution < 1.29 is 9.05 Å². The first kappa shape index (κ1) is 28.1. The van der Waals surface area contributed by atoms with Crippen molar-refractivity contribution in [3.63, 3.8) is 0 Å². The van der Waals surface area contributed by atoms with Gasteiger partial charge in [-0.3, -0.25) is 0 Å². The third-order valence-electron chi connectivity index (χ3n) is 4.25. The highest BCUT2D eigenvalue weighted by Gasteiger charge is 2.30. The van der Waals surface area contributed by atoms with Gasteiger partial charge in [0.05, 0.1) is 13.2 Å². The normalized spacial score (nSPS) is 17.0. The van der Waals surface area contributed by atoms with Crippen LogP contribution in [0.3, 0.4) is 0 Å². The fraction of sp³-hybridized carbons (Fsp3) is 1.00. The minimum Gasteiger partial charge on any atom is -0.321 e. The predicted molar refractivity (Wildman–Crippen MR) is 128 cm³/mol. The Kier molecular flexibility index (Phi) is 17.2. The molecule has 0 rings (SSSR count). The average molecular weight is 504 g/mol. The van der Waals surface area contributed by atoms with Gasteiger partial charge in [-0.25, -0.2) is 0 Å². The molecule has 26 heavy (non-hydrogen) atoms. The first-order valence-electron chi connectivity index (χ1n) is 9.52. The minimum absolute atomic E-state index is 0.501. The molecule has 0 bridgehead atoms. The predicted octanol–water partition coefficient (Wildman–Crippen LogP) is 9.39. The second kappa shape index (κ2) is 15.9. The molecule has 0 amide bonds. The van der Waals surface area contributed by atoms with Crippen LogP contribution in [0.15, 0.2) is 0 Å². The van der Waals surface area contributed by atoms with Gasteiger partial charge in [-0.1, -0.05) is 101 Å². The lowest BCUT2D eigenvalue weighted by Gasteiger charge is -2.26. The maximum atomic E-state index is 6.14. The minimum atomic E-state index is -2.55. The van der Waals surface area contributed by atoms with Gasteiger partial charge in [-0.2, -0.15) is 0 Å². The Balaban J connectivity index is 4.79. The second-order valence-corrected chi connectivity index (χ2v) is 17.6. The van der Waals surface area contributed by atoms with Crippen LogP contribution < -0.4 is 0 Å². The van der Waals surface area contributed by atoms with Crippen molar-refractivity contribution in [1.82, 2.24) is 0 Å². The molecular formula is C17H34Cl3O2PS3. The summed E-state index contributed by atoms with van der Waals surface area (Å²) in [4.78, 5) is 0. The summed E-state index contributed by atoms with van der Waals surface area (Å²) in [5, 5.41) is 0. The quantitative estimate of drug-likeness (QED) is 0.118. The zero-order valence-electron chi connectivity index (χ0n) is 16.3. The van der Waals surface area contributed by atoms with Gasteiger partial charge < -0.3 is 9.05 Å². The van der Waals surface area contributed by atoms with Crippen LogP contribution in [0.2, 0.25) is 0 Å². The van der Waals surface area contributed by atoms with E-state index < -0.39 is 8.82 Å². The number of rotatable bonds is 16. The van der Waals surface area contributed by atoms with E-state index >= 15 is 0 Å². The van der Waals surface area contributed by atoms with Crippen LogP contribution in [-0.4, -0.2) is 16.3 Å². The van der Waals surface area contributed by atoms with Crippen molar-refractivity contribution in [3.05, 3.63) is 0 Å². The molecule has 158 valence electrons. The fourth-order valence-electron chi connectivity index (χ4n) is 2.36. The molecule has 0 radical (unpaired) electrons. The second-order valence-electron chi connectivity index (χ2n) is 6.48. The summed E-state index contributed by atoms with van der Waals surface area (Å²) >= 11 is 23.4. The van der Waals surface area contributed by atoms with Crippen LogP contribution in [0.5, 0.6) is 0 Å². The number of unbranched alkanes of at least 4 members (excludes halogenated alkanes) is 2. The first-order chi connectivity index (χ1) is 12.2. The lowest BCUT2D eigenvalue weighted by molar-refractivity contribution is 0.188. The summed E-state index contributed by atoms with van der Waals surface area (Å²) in [5.74, 6) is 1.00. The van der Waals surface area contributed by atoms with Crippen molar-refractivity contribution in [2.45, 2.75) is 82.2 Å². The molecule has 0 heterocycles. The molecule has 0 aromatic carbocycles. The Morgan fingerprint density at radius 2 is 1.31 bits per heavy atom. The van der Waals surface area contributed by atoms with Crippen molar-refractivity contribution in [2.24, 2.45) is 11.8 Å². The number of hydrogen-bond donors (Lipinski definition) is 0. The molecule has 1 unspecified atom stereocenters. The summed E-state index contributed by atoms with van der Waals surface area (Å²) < 4.78 is 10.9. The monoisotopic (exact) mass is 502 g/mol. The summed E-state index contributed by atoms with van der Waals surface area (Å²) in [7, 11) is 2.39. The Labute approximate surface area is 188 Å². The third-order valence-corrected chi connectivity index (χ3v) is 13.9. The first-order valence-corrected chi connectivity index (χ1v) is 16.1. The highest BCUT2D eigenvalue weighted by molar-refractivity contribution is 9.03. The maximum Gasteiger partial charge on any atom is 0.258 e. The van der Waals surface area contributed by atoms with Crippen molar-refractivity contribution in [1.29, 1.82) is 0 Å². The van der Waals surface area contributed by atoms with Gasteiger partial charge >= 0.3 is 0 Å². The van der Waals surface area contributed by atoms with E-state index in [1.807, 2.05) is 0 Å². The van der Waals surface area contributed by atoms with Crippen molar-refractivity contribution >= 4 is 73.5 Å². The van der Waals surface area contributed by atoms with Gasteiger partial charge in [-0.15, -0.1) is 0 Å². The maximum absolute atomic E-state index is 6.14. The van der Waals surface area contributed by atoms with Crippen LogP contribution in [0.25, 0.3) is 0 Å². The molecule has 0 aromatic rings. The zero-order chi connectivity index (χ0) is 20.1. The lowest BCUT2D eigenvalue weighted by atomic mass is 10.0. The molecule has 0 spiro atoms. The average Bonchev–Trinajstić information content (AvgIpc) is 2.60. The van der Waals surface area contributed by atoms with Crippen molar-refractivity contribution in [2.75, 3.05) is 13.2 Å². The SMILES string of the molecule is CCCC[C@@H](CC)COP(=S)(OC[C@@H](CC)CCCC)SSC(Cl)(Cl)Cl. The Morgan fingerprint density at radius 1 is 0.885 bits per heavy atom. The van der Waals surface area contributed by atoms with E-state index in [1.54, 1.807) is 0 Å². The summed E-state index contributed by atoms with van der Waals surface area (Å²) in [6.07, 6.45) is 9.24. The molecular weight excluding hydrogens is 470 g/mol.